The predicted molar refractivity (Wildman–Crippen MR) is 87.6 cm³/mol. The van der Waals surface area contributed by atoms with E-state index in [1.165, 1.54) is 0 Å². The summed E-state index contributed by atoms with van der Waals surface area (Å²) in [6.45, 7) is 4.30. The minimum atomic E-state index is -0.130. The first-order valence-corrected chi connectivity index (χ1v) is 7.56. The van der Waals surface area contributed by atoms with Crippen LogP contribution in [0.2, 0.25) is 5.02 Å². The fourth-order valence-electron chi connectivity index (χ4n) is 2.32. The van der Waals surface area contributed by atoms with Gasteiger partial charge in [0.25, 0.3) is 5.91 Å². The highest BCUT2D eigenvalue weighted by molar-refractivity contribution is 6.33. The molecule has 1 atom stereocenters. The Bertz CT molecular complexity index is 595. The smallest absolute Gasteiger partial charge is 0.253 e. The molecule has 0 aliphatic carbocycles. The molecule has 0 radical (unpaired) electrons. The molecule has 0 heterocycles. The van der Waals surface area contributed by atoms with Crippen molar-refractivity contribution in [3.05, 3.63) is 70.7 Å². The van der Waals surface area contributed by atoms with Crippen LogP contribution in [-0.2, 0) is 0 Å². The summed E-state index contributed by atoms with van der Waals surface area (Å²) in [5, 5.41) is 3.58. The molecule has 1 N–H and O–H groups in total. The molecule has 0 fully saturated rings. The summed E-state index contributed by atoms with van der Waals surface area (Å²) in [6, 6.07) is 17.2. The van der Waals surface area contributed by atoms with E-state index >= 15 is 0 Å². The summed E-state index contributed by atoms with van der Waals surface area (Å²) in [5.41, 5.74) is 1.63. The van der Waals surface area contributed by atoms with E-state index in [0.717, 1.165) is 12.0 Å². The third-order valence-electron chi connectivity index (χ3n) is 3.33. The predicted octanol–water partition coefficient (Wildman–Crippen LogP) is 4.86. The first kappa shape index (κ1) is 15.6. The van der Waals surface area contributed by atoms with Crippen LogP contribution in [0.5, 0.6) is 0 Å². The topological polar surface area (TPSA) is 29.1 Å². The van der Waals surface area contributed by atoms with Crippen molar-refractivity contribution in [3.8, 4) is 0 Å². The molecule has 21 heavy (non-hydrogen) atoms. The van der Waals surface area contributed by atoms with Crippen LogP contribution in [-0.4, -0.2) is 5.91 Å². The van der Waals surface area contributed by atoms with Crippen LogP contribution in [0.4, 0.5) is 0 Å². The van der Waals surface area contributed by atoms with Crippen LogP contribution in [0.25, 0.3) is 0 Å². The van der Waals surface area contributed by atoms with Crippen molar-refractivity contribution in [2.75, 3.05) is 0 Å². The van der Waals surface area contributed by atoms with Crippen LogP contribution < -0.4 is 5.32 Å². The highest BCUT2D eigenvalue weighted by Gasteiger charge is 2.18. The summed E-state index contributed by atoms with van der Waals surface area (Å²) < 4.78 is 0. The van der Waals surface area contributed by atoms with Gasteiger partial charge in [0.2, 0.25) is 0 Å². The largest absolute Gasteiger partial charge is 0.345 e. The lowest BCUT2D eigenvalue weighted by molar-refractivity contribution is 0.0932. The fourth-order valence-corrected chi connectivity index (χ4v) is 2.54. The molecular formula is C18H20ClNO. The maximum absolute atomic E-state index is 12.4. The molecule has 110 valence electrons. The van der Waals surface area contributed by atoms with Gasteiger partial charge in [-0.25, -0.2) is 0 Å². The maximum Gasteiger partial charge on any atom is 0.253 e. The van der Waals surface area contributed by atoms with Crippen molar-refractivity contribution < 1.29 is 4.79 Å². The minimum Gasteiger partial charge on any atom is -0.345 e. The zero-order chi connectivity index (χ0) is 15.2. The molecule has 1 unspecified atom stereocenters. The Kier molecular flexibility index (Phi) is 5.40. The lowest BCUT2D eigenvalue weighted by Crippen LogP contribution is -2.29. The number of benzene rings is 2. The van der Waals surface area contributed by atoms with Gasteiger partial charge in [0.1, 0.15) is 0 Å². The first-order valence-electron chi connectivity index (χ1n) is 7.18. The monoisotopic (exact) mass is 301 g/mol. The van der Waals surface area contributed by atoms with Gasteiger partial charge in [-0.05, 0) is 30.0 Å². The van der Waals surface area contributed by atoms with Gasteiger partial charge in [0.15, 0.2) is 0 Å². The Morgan fingerprint density at radius 1 is 1.05 bits per heavy atom. The van der Waals surface area contributed by atoms with Crippen LogP contribution in [0.15, 0.2) is 54.6 Å². The zero-order valence-corrected chi connectivity index (χ0v) is 13.1. The summed E-state index contributed by atoms with van der Waals surface area (Å²) >= 11 is 6.09. The van der Waals surface area contributed by atoms with Gasteiger partial charge >= 0.3 is 0 Å². The van der Waals surface area contributed by atoms with Crippen molar-refractivity contribution in [1.29, 1.82) is 0 Å². The van der Waals surface area contributed by atoms with Gasteiger partial charge in [0, 0.05) is 0 Å². The van der Waals surface area contributed by atoms with E-state index in [2.05, 4.69) is 19.2 Å². The van der Waals surface area contributed by atoms with Crippen molar-refractivity contribution in [3.63, 3.8) is 0 Å². The number of hydrogen-bond acceptors (Lipinski definition) is 1. The Labute approximate surface area is 131 Å². The molecule has 0 aliphatic heterocycles. The van der Waals surface area contributed by atoms with E-state index in [0.29, 0.717) is 16.5 Å². The van der Waals surface area contributed by atoms with E-state index in [1.54, 1.807) is 12.1 Å². The quantitative estimate of drug-likeness (QED) is 0.839. The Morgan fingerprint density at radius 3 is 2.29 bits per heavy atom. The number of halogens is 1. The molecule has 2 rings (SSSR count). The molecule has 0 spiro atoms. The summed E-state index contributed by atoms with van der Waals surface area (Å²) in [6.07, 6.45) is 0.889. The number of amides is 1. The molecule has 3 heteroatoms. The number of hydrogen-bond donors (Lipinski definition) is 1. The molecule has 0 saturated carbocycles. The van der Waals surface area contributed by atoms with Gasteiger partial charge < -0.3 is 5.32 Å². The van der Waals surface area contributed by atoms with Gasteiger partial charge in [-0.15, -0.1) is 0 Å². The summed E-state index contributed by atoms with van der Waals surface area (Å²) in [5.74, 6) is 0.358. The molecular weight excluding hydrogens is 282 g/mol. The SMILES string of the molecule is CC(C)CC(NC(=O)c1ccccc1Cl)c1ccccc1. The average molecular weight is 302 g/mol. The summed E-state index contributed by atoms with van der Waals surface area (Å²) in [4.78, 5) is 12.4. The van der Waals surface area contributed by atoms with Gasteiger partial charge in [-0.3, -0.25) is 4.79 Å². The number of rotatable bonds is 5. The standard InChI is InChI=1S/C18H20ClNO/c1-13(2)12-17(14-8-4-3-5-9-14)20-18(21)15-10-6-7-11-16(15)19/h3-11,13,17H,12H2,1-2H3,(H,20,21). The first-order chi connectivity index (χ1) is 10.1. The molecule has 2 nitrogen and oxygen atoms in total. The van der Waals surface area contributed by atoms with Crippen molar-refractivity contribution in [1.82, 2.24) is 5.32 Å². The van der Waals surface area contributed by atoms with E-state index in [1.807, 2.05) is 42.5 Å². The Morgan fingerprint density at radius 2 is 1.67 bits per heavy atom. The van der Waals surface area contributed by atoms with Crippen LogP contribution in [0.3, 0.4) is 0 Å². The number of nitrogens with one attached hydrogen (secondary N) is 1. The lowest BCUT2D eigenvalue weighted by atomic mass is 9.96. The maximum atomic E-state index is 12.4. The number of carbonyl (C=O) groups excluding carboxylic acids is 1. The third-order valence-corrected chi connectivity index (χ3v) is 3.66. The normalized spacial score (nSPS) is 12.2. The van der Waals surface area contributed by atoms with Crippen molar-refractivity contribution in [2.45, 2.75) is 26.3 Å². The van der Waals surface area contributed by atoms with Crippen LogP contribution in [0.1, 0.15) is 42.2 Å². The van der Waals surface area contributed by atoms with Crippen molar-refractivity contribution in [2.24, 2.45) is 5.92 Å². The van der Waals surface area contributed by atoms with Gasteiger partial charge in [-0.1, -0.05) is 67.9 Å². The van der Waals surface area contributed by atoms with Crippen LogP contribution >= 0.6 is 11.6 Å². The van der Waals surface area contributed by atoms with E-state index in [4.69, 9.17) is 11.6 Å². The third kappa shape index (κ3) is 4.33. The lowest BCUT2D eigenvalue weighted by Gasteiger charge is -2.21. The second kappa shape index (κ2) is 7.28. The van der Waals surface area contributed by atoms with Gasteiger partial charge in [-0.2, -0.15) is 0 Å². The Balaban J connectivity index is 2.19. The van der Waals surface area contributed by atoms with E-state index in [9.17, 15) is 4.79 Å². The van der Waals surface area contributed by atoms with Crippen LogP contribution in [0, 0.1) is 5.92 Å². The molecule has 0 aliphatic rings. The average Bonchev–Trinajstić information content (AvgIpc) is 2.47. The highest BCUT2D eigenvalue weighted by atomic mass is 35.5. The summed E-state index contributed by atoms with van der Waals surface area (Å²) in [7, 11) is 0. The van der Waals surface area contributed by atoms with Gasteiger partial charge in [0.05, 0.1) is 16.6 Å². The van der Waals surface area contributed by atoms with E-state index in [-0.39, 0.29) is 11.9 Å². The molecule has 0 aromatic heterocycles. The molecule has 0 saturated heterocycles. The second-order valence-corrected chi connectivity index (χ2v) is 5.95. The number of carbonyl (C=O) groups is 1. The minimum absolute atomic E-state index is 0.00465. The zero-order valence-electron chi connectivity index (χ0n) is 12.3. The molecule has 1 amide bonds. The molecule has 2 aromatic carbocycles. The highest BCUT2D eigenvalue weighted by Crippen LogP contribution is 2.23. The van der Waals surface area contributed by atoms with Crippen molar-refractivity contribution >= 4 is 17.5 Å². The fraction of sp³-hybridized carbons (Fsp3) is 0.278. The van der Waals surface area contributed by atoms with E-state index < -0.39 is 0 Å². The Hall–Kier alpha value is -1.80. The molecule has 0 bridgehead atoms. The molecule has 2 aromatic rings. The second-order valence-electron chi connectivity index (χ2n) is 5.55.